The van der Waals surface area contributed by atoms with Crippen molar-refractivity contribution in [2.24, 2.45) is 0 Å². The predicted molar refractivity (Wildman–Crippen MR) is 109 cm³/mol. The van der Waals surface area contributed by atoms with Gasteiger partial charge in [0.25, 0.3) is 10.0 Å². The molecule has 3 rings (SSSR count). The zero-order chi connectivity index (χ0) is 20.1. The average molecular weight is 399 g/mol. The summed E-state index contributed by atoms with van der Waals surface area (Å²) in [6.07, 6.45) is 1.46. The van der Waals surface area contributed by atoms with Crippen molar-refractivity contribution in [3.05, 3.63) is 66.4 Å². The normalized spacial score (nSPS) is 11.0. The molecule has 0 unspecified atom stereocenters. The summed E-state index contributed by atoms with van der Waals surface area (Å²) in [5, 5.41) is 3.14. The molecule has 146 valence electrons. The largest absolute Gasteiger partial charge is 0.497 e. The lowest BCUT2D eigenvalue weighted by Gasteiger charge is -2.12. The Hall–Kier alpha value is -3.26. The van der Waals surface area contributed by atoms with Gasteiger partial charge in [0.2, 0.25) is 0 Å². The van der Waals surface area contributed by atoms with Gasteiger partial charge in [-0.1, -0.05) is 0 Å². The highest BCUT2D eigenvalue weighted by Gasteiger charge is 2.17. The van der Waals surface area contributed by atoms with E-state index in [0.717, 1.165) is 11.4 Å². The minimum absolute atomic E-state index is 0.189. The van der Waals surface area contributed by atoms with E-state index in [-0.39, 0.29) is 4.90 Å². The van der Waals surface area contributed by atoms with E-state index < -0.39 is 10.0 Å². The molecule has 3 aromatic rings. The number of hydrogen-bond donors (Lipinski definition) is 2. The maximum Gasteiger partial charge on any atom is 0.262 e. The molecule has 0 atom stereocenters. The number of nitrogens with one attached hydrogen (secondary N) is 2. The summed E-state index contributed by atoms with van der Waals surface area (Å²) < 4.78 is 38.1. The van der Waals surface area contributed by atoms with Crippen LogP contribution in [0, 0.1) is 6.92 Å². The smallest absolute Gasteiger partial charge is 0.262 e. The van der Waals surface area contributed by atoms with Crippen molar-refractivity contribution in [2.45, 2.75) is 11.8 Å². The number of sulfonamides is 1. The van der Waals surface area contributed by atoms with Crippen molar-refractivity contribution in [3.8, 4) is 11.5 Å². The number of pyridine rings is 1. The third-order valence-corrected chi connectivity index (χ3v) is 5.59. The number of ether oxygens (including phenoxy) is 2. The maximum atomic E-state index is 12.7. The van der Waals surface area contributed by atoms with Crippen LogP contribution >= 0.6 is 0 Å². The van der Waals surface area contributed by atoms with Crippen LogP contribution in [0.2, 0.25) is 0 Å². The molecule has 0 saturated heterocycles. The fourth-order valence-corrected chi connectivity index (χ4v) is 3.88. The number of rotatable bonds is 7. The number of aryl methyl sites for hydroxylation is 1. The first-order chi connectivity index (χ1) is 13.4. The number of aromatic nitrogens is 1. The Morgan fingerprint density at radius 2 is 1.50 bits per heavy atom. The Labute approximate surface area is 164 Å². The lowest BCUT2D eigenvalue weighted by Crippen LogP contribution is -2.14. The van der Waals surface area contributed by atoms with Gasteiger partial charge >= 0.3 is 0 Å². The van der Waals surface area contributed by atoms with Gasteiger partial charge in [-0.15, -0.1) is 0 Å². The van der Waals surface area contributed by atoms with Crippen LogP contribution in [0.25, 0.3) is 0 Å². The van der Waals surface area contributed by atoms with Gasteiger partial charge < -0.3 is 14.8 Å². The monoisotopic (exact) mass is 399 g/mol. The van der Waals surface area contributed by atoms with Gasteiger partial charge in [-0.3, -0.25) is 4.72 Å². The highest BCUT2D eigenvalue weighted by molar-refractivity contribution is 7.92. The van der Waals surface area contributed by atoms with Crippen molar-refractivity contribution in [3.63, 3.8) is 0 Å². The van der Waals surface area contributed by atoms with Gasteiger partial charge in [0.15, 0.2) is 0 Å². The van der Waals surface area contributed by atoms with Crippen LogP contribution in [0.5, 0.6) is 11.5 Å². The molecule has 0 aliphatic rings. The molecule has 2 aromatic carbocycles. The third-order valence-electron chi connectivity index (χ3n) is 4.05. The second-order valence-corrected chi connectivity index (χ2v) is 7.67. The zero-order valence-corrected chi connectivity index (χ0v) is 16.6. The Morgan fingerprint density at radius 3 is 2.07 bits per heavy atom. The van der Waals surface area contributed by atoms with Crippen molar-refractivity contribution in [2.75, 3.05) is 24.3 Å². The van der Waals surface area contributed by atoms with Gasteiger partial charge in [0, 0.05) is 5.69 Å². The molecule has 0 bridgehead atoms. The summed E-state index contributed by atoms with van der Waals surface area (Å²) >= 11 is 0. The van der Waals surface area contributed by atoms with Gasteiger partial charge in [0.05, 0.1) is 31.0 Å². The van der Waals surface area contributed by atoms with E-state index in [1.165, 1.54) is 19.4 Å². The minimum Gasteiger partial charge on any atom is -0.497 e. The molecule has 7 nitrogen and oxygen atoms in total. The van der Waals surface area contributed by atoms with Gasteiger partial charge in [0.1, 0.15) is 17.3 Å². The van der Waals surface area contributed by atoms with Crippen molar-refractivity contribution in [1.29, 1.82) is 0 Å². The molecule has 28 heavy (non-hydrogen) atoms. The fraction of sp³-hybridized carbons (Fsp3) is 0.150. The van der Waals surface area contributed by atoms with Crippen LogP contribution in [0.15, 0.2) is 65.7 Å². The minimum atomic E-state index is -3.73. The molecule has 0 amide bonds. The van der Waals surface area contributed by atoms with Crippen LogP contribution in [0.3, 0.4) is 0 Å². The molecular formula is C20H21N3O4S. The van der Waals surface area contributed by atoms with Crippen molar-refractivity contribution < 1.29 is 17.9 Å². The Balaban J connectivity index is 1.72. The molecule has 2 N–H and O–H groups in total. The Morgan fingerprint density at radius 1 is 0.857 bits per heavy atom. The Bertz CT molecular complexity index is 1050. The topological polar surface area (TPSA) is 89.6 Å². The van der Waals surface area contributed by atoms with E-state index in [4.69, 9.17) is 9.47 Å². The van der Waals surface area contributed by atoms with Crippen LogP contribution in [-0.2, 0) is 10.0 Å². The summed E-state index contributed by atoms with van der Waals surface area (Å²) in [5.74, 6) is 1.96. The molecular weight excluding hydrogens is 378 g/mol. The standard InChI is InChI=1S/C20H21N3O4S/c1-14-12-18(27-3)9-10-19(14)28(24,25)23-16-6-11-20(21-13-16)22-15-4-7-17(26-2)8-5-15/h4-13,23H,1-3H3,(H,21,22). The second kappa shape index (κ2) is 8.18. The van der Waals surface area contributed by atoms with E-state index in [2.05, 4.69) is 15.0 Å². The molecule has 0 spiro atoms. The first kappa shape index (κ1) is 19.5. The van der Waals surface area contributed by atoms with E-state index >= 15 is 0 Å². The highest BCUT2D eigenvalue weighted by atomic mass is 32.2. The summed E-state index contributed by atoms with van der Waals surface area (Å²) in [6, 6.07) is 15.6. The number of anilines is 3. The van der Waals surface area contributed by atoms with Crippen LogP contribution in [-0.4, -0.2) is 27.6 Å². The van der Waals surface area contributed by atoms with Crippen LogP contribution in [0.1, 0.15) is 5.56 Å². The lowest BCUT2D eigenvalue weighted by molar-refractivity contribution is 0.414. The van der Waals surface area contributed by atoms with Crippen LogP contribution < -0.4 is 19.5 Å². The second-order valence-electron chi connectivity index (χ2n) is 6.02. The summed E-state index contributed by atoms with van der Waals surface area (Å²) in [4.78, 5) is 4.44. The zero-order valence-electron chi connectivity index (χ0n) is 15.8. The Kier molecular flexibility index (Phi) is 5.70. The van der Waals surface area contributed by atoms with Crippen LogP contribution in [0.4, 0.5) is 17.2 Å². The highest BCUT2D eigenvalue weighted by Crippen LogP contribution is 2.24. The van der Waals surface area contributed by atoms with Gasteiger partial charge in [-0.25, -0.2) is 13.4 Å². The molecule has 0 saturated carbocycles. The van der Waals surface area contributed by atoms with Crippen molar-refractivity contribution >= 4 is 27.2 Å². The van der Waals surface area contributed by atoms with E-state index in [9.17, 15) is 8.42 Å². The molecule has 0 aliphatic heterocycles. The molecule has 1 aromatic heterocycles. The molecule has 0 aliphatic carbocycles. The number of nitrogens with zero attached hydrogens (tertiary/aromatic N) is 1. The molecule has 0 fully saturated rings. The first-order valence-corrected chi connectivity index (χ1v) is 9.94. The van der Waals surface area contributed by atoms with Gasteiger partial charge in [-0.05, 0) is 67.1 Å². The fourth-order valence-electron chi connectivity index (χ4n) is 2.61. The maximum absolute atomic E-state index is 12.7. The van der Waals surface area contributed by atoms with Crippen molar-refractivity contribution in [1.82, 2.24) is 4.98 Å². The molecule has 1 heterocycles. The quantitative estimate of drug-likeness (QED) is 0.625. The third kappa shape index (κ3) is 4.52. The first-order valence-electron chi connectivity index (χ1n) is 8.46. The molecule has 0 radical (unpaired) electrons. The number of benzene rings is 2. The SMILES string of the molecule is COc1ccc(Nc2ccc(NS(=O)(=O)c3ccc(OC)cc3C)cn2)cc1. The van der Waals surface area contributed by atoms with Gasteiger partial charge in [-0.2, -0.15) is 0 Å². The molecule has 8 heteroatoms. The lowest BCUT2D eigenvalue weighted by atomic mass is 10.2. The van der Waals surface area contributed by atoms with E-state index in [1.807, 2.05) is 24.3 Å². The predicted octanol–water partition coefficient (Wildman–Crippen LogP) is 3.95. The summed E-state index contributed by atoms with van der Waals surface area (Å²) in [6.45, 7) is 1.72. The van der Waals surface area contributed by atoms with E-state index in [1.54, 1.807) is 38.3 Å². The number of methoxy groups -OCH3 is 2. The number of hydrogen-bond acceptors (Lipinski definition) is 6. The van der Waals surface area contributed by atoms with E-state index in [0.29, 0.717) is 22.8 Å². The summed E-state index contributed by atoms with van der Waals surface area (Å²) in [5.41, 5.74) is 1.81. The summed E-state index contributed by atoms with van der Waals surface area (Å²) in [7, 11) is -0.584. The average Bonchev–Trinajstić information content (AvgIpc) is 2.69.